The van der Waals surface area contributed by atoms with Crippen molar-refractivity contribution in [2.24, 2.45) is 0 Å². The lowest BCUT2D eigenvalue weighted by atomic mass is 10.2. The fourth-order valence-corrected chi connectivity index (χ4v) is 2.29. The summed E-state index contributed by atoms with van der Waals surface area (Å²) in [6.07, 6.45) is 1.45. The van der Waals surface area contributed by atoms with Gasteiger partial charge >= 0.3 is 0 Å². The van der Waals surface area contributed by atoms with Crippen LogP contribution >= 0.6 is 0 Å². The molecule has 1 aromatic rings. The molecule has 19 heavy (non-hydrogen) atoms. The Balaban J connectivity index is 1.71. The standard InChI is InChI=1S/C15H24N2O2/c1-17(9-7-15-11-16-8-10-19-15)12-13-3-5-14(18-2)6-4-13/h3-6,15-16H,7-12H2,1-2H3. The number of morpholine rings is 1. The van der Waals surface area contributed by atoms with Crippen molar-refractivity contribution in [1.82, 2.24) is 10.2 Å². The highest BCUT2D eigenvalue weighted by Gasteiger charge is 2.13. The van der Waals surface area contributed by atoms with Crippen LogP contribution in [0.15, 0.2) is 24.3 Å². The third kappa shape index (κ3) is 4.82. The number of hydrogen-bond acceptors (Lipinski definition) is 4. The molecule has 1 aromatic carbocycles. The highest BCUT2D eigenvalue weighted by Crippen LogP contribution is 2.13. The highest BCUT2D eigenvalue weighted by molar-refractivity contribution is 5.26. The van der Waals surface area contributed by atoms with Crippen LogP contribution < -0.4 is 10.1 Å². The lowest BCUT2D eigenvalue weighted by molar-refractivity contribution is 0.0184. The minimum absolute atomic E-state index is 0.368. The molecule has 0 amide bonds. The number of rotatable bonds is 6. The number of hydrogen-bond donors (Lipinski definition) is 1. The first-order valence-corrected chi connectivity index (χ1v) is 6.91. The molecule has 1 aliphatic rings. The van der Waals surface area contributed by atoms with Crippen molar-refractivity contribution in [2.75, 3.05) is 40.4 Å². The molecular formula is C15H24N2O2. The van der Waals surface area contributed by atoms with Gasteiger partial charge in [-0.1, -0.05) is 12.1 Å². The molecule has 0 aliphatic carbocycles. The molecule has 4 heteroatoms. The molecule has 1 N–H and O–H groups in total. The lowest BCUT2D eigenvalue weighted by Crippen LogP contribution is -2.40. The predicted octanol–water partition coefficient (Wildman–Crippen LogP) is 1.51. The van der Waals surface area contributed by atoms with Gasteiger partial charge in [0.05, 0.1) is 19.8 Å². The molecule has 1 aliphatic heterocycles. The molecule has 1 atom stereocenters. The Labute approximate surface area is 115 Å². The summed E-state index contributed by atoms with van der Waals surface area (Å²) in [5.74, 6) is 0.910. The van der Waals surface area contributed by atoms with Crippen molar-refractivity contribution in [3.05, 3.63) is 29.8 Å². The zero-order valence-electron chi connectivity index (χ0n) is 11.9. The maximum absolute atomic E-state index is 5.70. The van der Waals surface area contributed by atoms with Crippen molar-refractivity contribution in [3.63, 3.8) is 0 Å². The number of methoxy groups -OCH3 is 1. The minimum atomic E-state index is 0.368. The molecule has 2 rings (SSSR count). The Morgan fingerprint density at radius 1 is 1.37 bits per heavy atom. The second-order valence-corrected chi connectivity index (χ2v) is 5.07. The third-order valence-electron chi connectivity index (χ3n) is 3.45. The summed E-state index contributed by atoms with van der Waals surface area (Å²) in [7, 11) is 3.85. The Kier molecular flexibility index (Phi) is 5.63. The van der Waals surface area contributed by atoms with Gasteiger partial charge in [0, 0.05) is 26.2 Å². The van der Waals surface area contributed by atoms with Gasteiger partial charge in [0.1, 0.15) is 5.75 Å². The van der Waals surface area contributed by atoms with Gasteiger partial charge in [0.25, 0.3) is 0 Å². The molecule has 0 aromatic heterocycles. The summed E-state index contributed by atoms with van der Waals surface area (Å²) in [5.41, 5.74) is 1.31. The van der Waals surface area contributed by atoms with Crippen molar-refractivity contribution >= 4 is 0 Å². The number of nitrogens with zero attached hydrogens (tertiary/aromatic N) is 1. The van der Waals surface area contributed by atoms with Gasteiger partial charge in [-0.25, -0.2) is 0 Å². The third-order valence-corrected chi connectivity index (χ3v) is 3.45. The predicted molar refractivity (Wildman–Crippen MR) is 76.6 cm³/mol. The van der Waals surface area contributed by atoms with Crippen LogP contribution in [0.1, 0.15) is 12.0 Å². The van der Waals surface area contributed by atoms with Crippen molar-refractivity contribution in [3.8, 4) is 5.75 Å². The molecule has 4 nitrogen and oxygen atoms in total. The van der Waals surface area contributed by atoms with E-state index in [0.29, 0.717) is 6.10 Å². The van der Waals surface area contributed by atoms with Crippen LogP contribution in [0.25, 0.3) is 0 Å². The molecule has 0 spiro atoms. The van der Waals surface area contributed by atoms with E-state index in [1.165, 1.54) is 5.56 Å². The summed E-state index contributed by atoms with van der Waals surface area (Å²) in [6, 6.07) is 8.26. The molecule has 0 saturated carbocycles. The zero-order chi connectivity index (χ0) is 13.5. The summed E-state index contributed by atoms with van der Waals surface area (Å²) < 4.78 is 10.9. The normalized spacial score (nSPS) is 19.6. The number of benzene rings is 1. The Hall–Kier alpha value is -1.10. The average Bonchev–Trinajstić information content (AvgIpc) is 2.47. The monoisotopic (exact) mass is 264 g/mol. The molecule has 1 saturated heterocycles. The second kappa shape index (κ2) is 7.48. The maximum atomic E-state index is 5.70. The number of ether oxygens (including phenoxy) is 2. The van der Waals surface area contributed by atoms with Gasteiger partial charge in [-0.3, -0.25) is 0 Å². The zero-order valence-corrected chi connectivity index (χ0v) is 11.9. The van der Waals surface area contributed by atoms with Gasteiger partial charge in [-0.2, -0.15) is 0 Å². The average molecular weight is 264 g/mol. The molecule has 106 valence electrons. The van der Waals surface area contributed by atoms with E-state index in [9.17, 15) is 0 Å². The van der Waals surface area contributed by atoms with E-state index in [2.05, 4.69) is 29.4 Å². The molecular weight excluding hydrogens is 240 g/mol. The van der Waals surface area contributed by atoms with Crippen LogP contribution in [-0.4, -0.2) is 51.4 Å². The van der Waals surface area contributed by atoms with E-state index in [4.69, 9.17) is 9.47 Å². The van der Waals surface area contributed by atoms with Crippen LogP contribution in [0.2, 0.25) is 0 Å². The van der Waals surface area contributed by atoms with Crippen LogP contribution in [0.4, 0.5) is 0 Å². The first kappa shape index (κ1) is 14.3. The van der Waals surface area contributed by atoms with Gasteiger partial charge in [-0.15, -0.1) is 0 Å². The summed E-state index contributed by atoms with van der Waals surface area (Å²) >= 11 is 0. The van der Waals surface area contributed by atoms with Crippen molar-refractivity contribution < 1.29 is 9.47 Å². The fourth-order valence-electron chi connectivity index (χ4n) is 2.29. The van der Waals surface area contributed by atoms with E-state index in [1.54, 1.807) is 7.11 Å². The van der Waals surface area contributed by atoms with E-state index in [0.717, 1.165) is 45.0 Å². The van der Waals surface area contributed by atoms with Crippen LogP contribution in [-0.2, 0) is 11.3 Å². The maximum Gasteiger partial charge on any atom is 0.118 e. The van der Waals surface area contributed by atoms with E-state index >= 15 is 0 Å². The lowest BCUT2D eigenvalue weighted by Gasteiger charge is -2.26. The highest BCUT2D eigenvalue weighted by atomic mass is 16.5. The van der Waals surface area contributed by atoms with E-state index in [-0.39, 0.29) is 0 Å². The summed E-state index contributed by atoms with van der Waals surface area (Å²) in [4.78, 5) is 2.33. The summed E-state index contributed by atoms with van der Waals surface area (Å²) in [6.45, 7) is 4.82. The van der Waals surface area contributed by atoms with Crippen LogP contribution in [0, 0.1) is 0 Å². The van der Waals surface area contributed by atoms with Gasteiger partial charge in [0.15, 0.2) is 0 Å². The van der Waals surface area contributed by atoms with Crippen LogP contribution in [0.5, 0.6) is 5.75 Å². The largest absolute Gasteiger partial charge is 0.497 e. The molecule has 1 heterocycles. The molecule has 0 bridgehead atoms. The molecule has 0 radical (unpaired) electrons. The van der Waals surface area contributed by atoms with Crippen molar-refractivity contribution in [1.29, 1.82) is 0 Å². The smallest absolute Gasteiger partial charge is 0.118 e. The van der Waals surface area contributed by atoms with E-state index in [1.807, 2.05) is 12.1 Å². The van der Waals surface area contributed by atoms with Crippen LogP contribution in [0.3, 0.4) is 0 Å². The van der Waals surface area contributed by atoms with Gasteiger partial charge < -0.3 is 19.7 Å². The van der Waals surface area contributed by atoms with Crippen molar-refractivity contribution in [2.45, 2.75) is 19.1 Å². The van der Waals surface area contributed by atoms with Gasteiger partial charge in [-0.05, 0) is 31.2 Å². The first-order valence-electron chi connectivity index (χ1n) is 6.91. The SMILES string of the molecule is COc1ccc(CN(C)CCC2CNCCO2)cc1. The van der Waals surface area contributed by atoms with Gasteiger partial charge in [0.2, 0.25) is 0 Å². The minimum Gasteiger partial charge on any atom is -0.497 e. The second-order valence-electron chi connectivity index (χ2n) is 5.07. The Bertz CT molecular complexity index is 361. The molecule has 1 unspecified atom stereocenters. The number of nitrogens with one attached hydrogen (secondary N) is 1. The Morgan fingerprint density at radius 3 is 2.79 bits per heavy atom. The summed E-state index contributed by atoms with van der Waals surface area (Å²) in [5, 5.41) is 3.36. The van der Waals surface area contributed by atoms with E-state index < -0.39 is 0 Å². The topological polar surface area (TPSA) is 33.7 Å². The molecule has 1 fully saturated rings. The Morgan fingerprint density at radius 2 is 2.16 bits per heavy atom. The fraction of sp³-hybridized carbons (Fsp3) is 0.600. The first-order chi connectivity index (χ1) is 9.28. The quantitative estimate of drug-likeness (QED) is 0.844.